The Morgan fingerprint density at radius 3 is 1.40 bits per heavy atom. The second kappa shape index (κ2) is 18.9. The van der Waals surface area contributed by atoms with E-state index in [1.54, 1.807) is 0 Å². The summed E-state index contributed by atoms with van der Waals surface area (Å²) >= 11 is 0. The number of nitriles is 2. The number of hydrogen-bond donors (Lipinski definition) is 1. The Kier molecular flexibility index (Phi) is 13.3. The molecule has 63 heavy (non-hydrogen) atoms. The van der Waals surface area contributed by atoms with Crippen LogP contribution < -0.4 is 0 Å². The molecule has 1 N–H and O–H groups in total. The van der Waals surface area contributed by atoms with Crippen LogP contribution >= 0.6 is 0 Å². The summed E-state index contributed by atoms with van der Waals surface area (Å²) in [6.45, 7) is 13.8. The Labute approximate surface area is 370 Å². The van der Waals surface area contributed by atoms with E-state index in [0.717, 1.165) is 33.4 Å². The Morgan fingerprint density at radius 2 is 1.02 bits per heavy atom. The first-order valence-electron chi connectivity index (χ1n) is 21.6. The van der Waals surface area contributed by atoms with Crippen LogP contribution in [-0.2, 0) is 14.9 Å². The molecule has 10 heteroatoms. The normalized spacial score (nSPS) is 19.5. The highest BCUT2D eigenvalue weighted by Gasteiger charge is 2.39. The van der Waals surface area contributed by atoms with Gasteiger partial charge < -0.3 is 14.6 Å². The number of halogens is 1. The lowest BCUT2D eigenvalue weighted by atomic mass is 9.84. The van der Waals surface area contributed by atoms with Gasteiger partial charge >= 0.3 is 12.2 Å². The molecule has 2 heterocycles. The van der Waals surface area contributed by atoms with E-state index >= 15 is 0 Å². The summed E-state index contributed by atoms with van der Waals surface area (Å²) in [5, 5.41) is 27.9. The molecule has 0 saturated carbocycles. The molecule has 5 aromatic rings. The van der Waals surface area contributed by atoms with Crippen molar-refractivity contribution in [1.82, 2.24) is 9.80 Å². The Balaban J connectivity index is 0.000000150. The number of hydrogen-bond acceptors (Lipinski definition) is 7. The fraction of sp³-hybridized carbons (Fsp3) is 0.358. The van der Waals surface area contributed by atoms with Crippen LogP contribution in [0.15, 0.2) is 109 Å². The molecule has 2 fully saturated rings. The van der Waals surface area contributed by atoms with Gasteiger partial charge in [-0.1, -0.05) is 130 Å². The molecule has 324 valence electrons. The topological polar surface area (TPSA) is 127 Å². The fourth-order valence-electron chi connectivity index (χ4n) is 9.07. The zero-order valence-electron chi connectivity index (χ0n) is 36.8. The van der Waals surface area contributed by atoms with Crippen molar-refractivity contribution in [2.75, 3.05) is 26.3 Å². The van der Waals surface area contributed by atoms with Crippen LogP contribution in [0.5, 0.6) is 0 Å². The number of fused-ring (bicyclic) bond motifs is 6. The van der Waals surface area contributed by atoms with Gasteiger partial charge in [-0.25, -0.2) is 14.0 Å². The summed E-state index contributed by atoms with van der Waals surface area (Å²) in [6.07, 6.45) is -2.64. The molecule has 9 rings (SSSR count). The maximum Gasteiger partial charge on any atom is 0.410 e. The molecule has 4 atom stereocenters. The summed E-state index contributed by atoms with van der Waals surface area (Å²) in [7, 11) is 0. The second-order valence-corrected chi connectivity index (χ2v) is 17.9. The minimum atomic E-state index is -1.16. The molecule has 2 saturated heterocycles. The summed E-state index contributed by atoms with van der Waals surface area (Å²) in [5.74, 6) is -0.0509. The number of rotatable bonds is 4. The number of ether oxygens (including phenoxy) is 2. The van der Waals surface area contributed by atoms with Crippen molar-refractivity contribution in [2.24, 2.45) is 0 Å². The monoisotopic (exact) mass is 846 g/mol. The predicted molar refractivity (Wildman–Crippen MR) is 242 cm³/mol. The van der Waals surface area contributed by atoms with Gasteiger partial charge in [-0.2, -0.15) is 10.5 Å². The number of amides is 2. The number of aliphatic hydroxyl groups excluding tert-OH is 1. The lowest BCUT2D eigenvalue weighted by Gasteiger charge is -2.21. The fourth-order valence-corrected chi connectivity index (χ4v) is 9.07. The van der Waals surface area contributed by atoms with Crippen molar-refractivity contribution in [2.45, 2.75) is 96.0 Å². The van der Waals surface area contributed by atoms with E-state index in [9.17, 15) is 19.1 Å². The van der Waals surface area contributed by atoms with Gasteiger partial charge in [0.1, 0.15) is 31.5 Å². The maximum atomic E-state index is 13.5. The van der Waals surface area contributed by atoms with Gasteiger partial charge in [-0.3, -0.25) is 9.80 Å². The molecule has 5 aromatic carbocycles. The van der Waals surface area contributed by atoms with Crippen LogP contribution in [0.1, 0.15) is 90.0 Å². The Bertz CT molecular complexity index is 2310. The maximum absolute atomic E-state index is 13.5. The minimum absolute atomic E-state index is 0.00980. The summed E-state index contributed by atoms with van der Waals surface area (Å²) in [4.78, 5) is 27.2. The smallest absolute Gasteiger partial charge is 0.410 e. The molecule has 0 radical (unpaired) electrons. The number of likely N-dealkylation sites (tertiary alicyclic amines) is 2. The van der Waals surface area contributed by atoms with Crippen LogP contribution in [0.3, 0.4) is 0 Å². The van der Waals surface area contributed by atoms with Crippen molar-refractivity contribution in [3.63, 3.8) is 0 Å². The molecule has 2 amide bonds. The number of carbonyl (C=O) groups excluding carboxylic acids is 2. The number of carbonyl (C=O) groups is 2. The summed E-state index contributed by atoms with van der Waals surface area (Å²) in [6, 6.07) is 39.7. The molecule has 2 aliphatic carbocycles. The van der Waals surface area contributed by atoms with Crippen LogP contribution in [0.4, 0.5) is 14.0 Å². The van der Waals surface area contributed by atoms with Gasteiger partial charge in [-0.05, 0) is 92.9 Å². The lowest BCUT2D eigenvalue weighted by molar-refractivity contribution is 0.0958. The SMILES string of the molecule is Cc1cc(C(C)(C)C)cc(C)c1C.N#C[C@@H]1C[C@@H](O)CN1C(=O)OCC1c2ccccc2-c2ccccc21.N#C[C@@H]1C[C@H](F)CN1C(=O)OCC1c2ccccc2-c2ccccc21. The van der Waals surface area contributed by atoms with E-state index in [1.807, 2.05) is 72.8 Å². The van der Waals surface area contributed by atoms with Gasteiger partial charge in [0.15, 0.2) is 0 Å². The van der Waals surface area contributed by atoms with Crippen molar-refractivity contribution in [3.8, 4) is 34.4 Å². The molecule has 2 aliphatic heterocycles. The molecular weight excluding hydrogens is 792 g/mol. The number of nitrogens with zero attached hydrogens (tertiary/aromatic N) is 4. The van der Waals surface area contributed by atoms with Crippen LogP contribution in [-0.4, -0.2) is 77.8 Å². The highest BCUT2D eigenvalue weighted by Crippen LogP contribution is 2.46. The standard InChI is InChI=1S/C20H17FN2O2.C20H18N2O3.C13H20/c21-13-9-14(10-22)23(11-13)20(24)25-12-19-17-7-3-1-5-15(17)16-6-2-4-8-18(16)19;21-10-13-9-14(23)11-22(13)20(24)25-12-19-17-7-3-1-5-15(17)16-6-2-4-8-18(16)19;1-9-7-12(13(4,5)6)8-10(2)11(9)3/h1-8,13-14,19H,9,11-12H2;1-8,13-14,19,23H,9,11-12H2;7-8H,1-6H3/t13-,14-;13-,14+;/m00./s1. The molecule has 0 unspecified atom stereocenters. The van der Waals surface area contributed by atoms with Crippen LogP contribution in [0.25, 0.3) is 22.3 Å². The predicted octanol–water partition coefficient (Wildman–Crippen LogP) is 10.7. The van der Waals surface area contributed by atoms with Gasteiger partial charge in [-0.15, -0.1) is 0 Å². The largest absolute Gasteiger partial charge is 0.448 e. The van der Waals surface area contributed by atoms with Crippen molar-refractivity contribution < 1.29 is 28.6 Å². The third-order valence-electron chi connectivity index (χ3n) is 12.8. The highest BCUT2D eigenvalue weighted by molar-refractivity contribution is 5.80. The first-order valence-corrected chi connectivity index (χ1v) is 21.6. The van der Waals surface area contributed by atoms with Crippen LogP contribution in [0, 0.1) is 43.4 Å². The zero-order valence-corrected chi connectivity index (χ0v) is 36.8. The van der Waals surface area contributed by atoms with Crippen molar-refractivity contribution >= 4 is 12.2 Å². The van der Waals surface area contributed by atoms with Crippen LogP contribution in [0.2, 0.25) is 0 Å². The van der Waals surface area contributed by atoms with Gasteiger partial charge in [0.2, 0.25) is 0 Å². The van der Waals surface area contributed by atoms with Gasteiger partial charge in [0, 0.05) is 24.7 Å². The average Bonchev–Trinajstić information content (AvgIpc) is 4.04. The molecule has 0 bridgehead atoms. The Hall–Kier alpha value is -6.49. The number of aryl methyl sites for hydroxylation is 2. The van der Waals surface area contributed by atoms with E-state index in [2.05, 4.69) is 90.1 Å². The van der Waals surface area contributed by atoms with Crippen molar-refractivity contribution in [3.05, 3.63) is 154 Å². The molecular formula is C53H55FN4O5. The minimum Gasteiger partial charge on any atom is -0.448 e. The number of benzene rings is 5. The number of alkyl halides is 1. The zero-order chi connectivity index (χ0) is 45.0. The molecule has 9 nitrogen and oxygen atoms in total. The molecule has 0 aromatic heterocycles. The van der Waals surface area contributed by atoms with E-state index < -0.39 is 36.5 Å². The number of β-amino-alcohol motifs (C(OH)–C–C–N with tert-alkyl or cyclic N) is 1. The van der Waals surface area contributed by atoms with E-state index in [0.29, 0.717) is 0 Å². The highest BCUT2D eigenvalue weighted by atomic mass is 19.1. The quantitative estimate of drug-likeness (QED) is 0.191. The average molecular weight is 847 g/mol. The van der Waals surface area contributed by atoms with E-state index in [-0.39, 0.29) is 56.4 Å². The third kappa shape index (κ3) is 9.48. The van der Waals surface area contributed by atoms with E-state index in [4.69, 9.17) is 20.0 Å². The number of aliphatic hydroxyl groups is 1. The summed E-state index contributed by atoms with van der Waals surface area (Å²) in [5.41, 5.74) is 15.1. The molecule has 4 aliphatic rings. The molecule has 0 spiro atoms. The first kappa shape index (κ1) is 44.6. The summed E-state index contributed by atoms with van der Waals surface area (Å²) < 4.78 is 24.5. The second-order valence-electron chi connectivity index (χ2n) is 17.9. The van der Waals surface area contributed by atoms with E-state index in [1.165, 1.54) is 43.2 Å². The van der Waals surface area contributed by atoms with Gasteiger partial charge in [0.25, 0.3) is 0 Å². The first-order chi connectivity index (χ1) is 30.2. The lowest BCUT2D eigenvalue weighted by Crippen LogP contribution is -2.36. The third-order valence-corrected chi connectivity index (χ3v) is 12.8. The Morgan fingerprint density at radius 1 is 0.651 bits per heavy atom. The van der Waals surface area contributed by atoms with Gasteiger partial charge in [0.05, 0.1) is 31.3 Å². The van der Waals surface area contributed by atoms with Crippen molar-refractivity contribution in [1.29, 1.82) is 10.5 Å².